The highest BCUT2D eigenvalue weighted by atomic mass is 32.2. The van der Waals surface area contributed by atoms with Crippen LogP contribution >= 0.6 is 0 Å². The van der Waals surface area contributed by atoms with Crippen molar-refractivity contribution in [2.75, 3.05) is 26.7 Å². The number of methoxy groups -OCH3 is 1. The summed E-state index contributed by atoms with van der Waals surface area (Å²) in [5, 5.41) is 2.99. The van der Waals surface area contributed by atoms with Gasteiger partial charge in [0.1, 0.15) is 35.2 Å². The maximum absolute atomic E-state index is 15.1. The molecule has 2 aliphatic heterocycles. The SMILES string of the molecule is C=CC(C)[C@](C)(NC(=O)[C@@H]1C[C@@H](Oc2cc(-c3ccccc3)nc3cc(OC)ccc23)CN1C(=O)[C@H](c1ccccc1)N1CCCCC1)C(=O)NS(=O)(=O)C1CC1. The average Bonchev–Trinajstić information content (AvgIpc) is 4.02. The number of piperidine rings is 1. The Morgan fingerprint density at radius 1 is 0.965 bits per heavy atom. The number of hydrogen-bond acceptors (Lipinski definition) is 9. The fourth-order valence-electron chi connectivity index (χ4n) is 7.84. The predicted molar refractivity (Wildman–Crippen MR) is 219 cm³/mol. The number of ether oxygens (including phenoxy) is 2. The van der Waals surface area contributed by atoms with Gasteiger partial charge in [-0.05, 0) is 63.4 Å². The second-order valence-corrected chi connectivity index (χ2v) is 17.5. The zero-order valence-electron chi connectivity index (χ0n) is 32.7. The van der Waals surface area contributed by atoms with E-state index in [1.54, 1.807) is 18.9 Å². The molecule has 3 aliphatic rings. The quantitative estimate of drug-likeness (QED) is 0.152. The maximum atomic E-state index is 15.1. The lowest BCUT2D eigenvalue weighted by Gasteiger charge is -2.38. The van der Waals surface area contributed by atoms with Crippen LogP contribution in [-0.4, -0.2) is 90.6 Å². The van der Waals surface area contributed by atoms with E-state index in [0.717, 1.165) is 48.9 Å². The highest BCUT2D eigenvalue weighted by molar-refractivity contribution is 7.91. The first-order chi connectivity index (χ1) is 27.4. The number of carbonyl (C=O) groups is 3. The summed E-state index contributed by atoms with van der Waals surface area (Å²) in [6.07, 6.45) is 4.89. The number of hydrogen-bond donors (Lipinski definition) is 2. The molecule has 5 atom stereocenters. The Kier molecular flexibility index (Phi) is 11.7. The van der Waals surface area contributed by atoms with E-state index in [1.165, 1.54) is 13.0 Å². The fraction of sp³-hybridized carbons (Fsp3) is 0.409. The van der Waals surface area contributed by atoms with Crippen molar-refractivity contribution in [2.45, 2.75) is 81.3 Å². The first-order valence-corrected chi connectivity index (χ1v) is 21.3. The number of fused-ring (bicyclic) bond motifs is 1. The molecule has 7 rings (SSSR count). The number of nitrogens with zero attached hydrogens (tertiary/aromatic N) is 3. The largest absolute Gasteiger partial charge is 0.497 e. The summed E-state index contributed by atoms with van der Waals surface area (Å²) in [7, 11) is -2.33. The Labute approximate surface area is 334 Å². The van der Waals surface area contributed by atoms with Crippen LogP contribution < -0.4 is 19.5 Å². The van der Waals surface area contributed by atoms with Gasteiger partial charge in [0.05, 0.1) is 30.1 Å². The zero-order valence-corrected chi connectivity index (χ0v) is 33.5. The van der Waals surface area contributed by atoms with Crippen molar-refractivity contribution in [3.8, 4) is 22.8 Å². The van der Waals surface area contributed by atoms with Crippen LogP contribution in [0.5, 0.6) is 11.5 Å². The van der Waals surface area contributed by atoms with Crippen LogP contribution in [0.15, 0.2) is 97.6 Å². The lowest BCUT2D eigenvalue weighted by Crippen LogP contribution is -2.64. The summed E-state index contributed by atoms with van der Waals surface area (Å²) < 4.78 is 40.4. The lowest BCUT2D eigenvalue weighted by atomic mass is 9.85. The topological polar surface area (TPSA) is 147 Å². The molecule has 1 aliphatic carbocycles. The van der Waals surface area contributed by atoms with Crippen LogP contribution in [0.4, 0.5) is 0 Å². The molecule has 3 aromatic carbocycles. The Hall–Kier alpha value is -5.27. The van der Waals surface area contributed by atoms with Crippen LogP contribution in [0.1, 0.15) is 64.0 Å². The van der Waals surface area contributed by atoms with Gasteiger partial charge in [0.15, 0.2) is 0 Å². The third-order valence-electron chi connectivity index (χ3n) is 11.6. The third kappa shape index (κ3) is 8.55. The van der Waals surface area contributed by atoms with E-state index in [-0.39, 0.29) is 18.9 Å². The number of benzene rings is 3. The smallest absolute Gasteiger partial charge is 0.259 e. The van der Waals surface area contributed by atoms with Crippen molar-refractivity contribution in [2.24, 2.45) is 5.92 Å². The molecule has 0 spiro atoms. The molecule has 0 bridgehead atoms. The second-order valence-electron chi connectivity index (χ2n) is 15.5. The normalized spacial score (nSPS) is 20.9. The van der Waals surface area contributed by atoms with E-state index in [0.29, 0.717) is 35.6 Å². The molecule has 3 fully saturated rings. The van der Waals surface area contributed by atoms with Crippen LogP contribution in [0.25, 0.3) is 22.2 Å². The number of likely N-dealkylation sites (tertiary alicyclic amines) is 2. The van der Waals surface area contributed by atoms with Crippen molar-refractivity contribution in [3.63, 3.8) is 0 Å². The van der Waals surface area contributed by atoms with Crippen molar-refractivity contribution >= 4 is 38.6 Å². The molecule has 57 heavy (non-hydrogen) atoms. The number of pyridine rings is 1. The predicted octanol–water partition coefficient (Wildman–Crippen LogP) is 5.79. The third-order valence-corrected chi connectivity index (χ3v) is 13.4. The summed E-state index contributed by atoms with van der Waals surface area (Å²) in [6.45, 7) is 8.58. The molecule has 13 heteroatoms. The molecular formula is C44H51N5O7S. The maximum Gasteiger partial charge on any atom is 0.259 e. The minimum absolute atomic E-state index is 0.0880. The highest BCUT2D eigenvalue weighted by Crippen LogP contribution is 2.37. The standard InChI is InChI=1S/C44H51N5O7S/c1-5-29(2)44(3,43(52)47-57(53,54)34-20-21-34)46-41(50)38-26-33(28-49(38)42(51)40(31-17-11-7-12-18-31)48-23-13-8-14-24-48)56-39-27-36(30-15-9-6-10-16-30)45-37-25-32(55-4)19-22-35(37)39/h5-7,9-12,15-19,22,25,27,29,33-34,38,40H,1,8,13-14,20-21,23-24,26,28H2,2-4H3,(H,46,50)(H,47,52)/t29?,33-,38+,40+,44+/m1/s1. The van der Waals surface area contributed by atoms with Crippen LogP contribution in [0.3, 0.4) is 0 Å². The molecule has 300 valence electrons. The average molecular weight is 794 g/mol. The van der Waals surface area contributed by atoms with Gasteiger partial charge in [-0.3, -0.25) is 24.0 Å². The monoisotopic (exact) mass is 793 g/mol. The first kappa shape index (κ1) is 39.9. The van der Waals surface area contributed by atoms with Gasteiger partial charge in [-0.2, -0.15) is 0 Å². The number of amides is 3. The Morgan fingerprint density at radius 3 is 2.30 bits per heavy atom. The lowest BCUT2D eigenvalue weighted by molar-refractivity contribution is -0.145. The molecule has 2 N–H and O–H groups in total. The van der Waals surface area contributed by atoms with Gasteiger partial charge in [-0.25, -0.2) is 13.4 Å². The summed E-state index contributed by atoms with van der Waals surface area (Å²) in [4.78, 5) is 52.3. The molecule has 0 radical (unpaired) electrons. The van der Waals surface area contributed by atoms with E-state index in [2.05, 4.69) is 21.5 Å². The van der Waals surface area contributed by atoms with Crippen LogP contribution in [0, 0.1) is 5.92 Å². The molecule has 3 heterocycles. The van der Waals surface area contributed by atoms with Gasteiger partial charge in [-0.1, -0.05) is 80.1 Å². The molecule has 4 aromatic rings. The Balaban J connectivity index is 1.25. The Morgan fingerprint density at radius 2 is 1.65 bits per heavy atom. The van der Waals surface area contributed by atoms with E-state index in [1.807, 2.05) is 84.9 Å². The van der Waals surface area contributed by atoms with Crippen LogP contribution in [-0.2, 0) is 24.4 Å². The number of rotatable bonds is 14. The van der Waals surface area contributed by atoms with Gasteiger partial charge in [0, 0.05) is 35.4 Å². The van der Waals surface area contributed by atoms with E-state index < -0.39 is 56.7 Å². The molecule has 3 amide bonds. The Bertz CT molecular complexity index is 2230. The molecule has 1 aromatic heterocycles. The number of sulfonamides is 1. The summed E-state index contributed by atoms with van der Waals surface area (Å²) >= 11 is 0. The number of aromatic nitrogens is 1. The van der Waals surface area contributed by atoms with Crippen molar-refractivity contribution in [1.29, 1.82) is 0 Å². The minimum atomic E-state index is -3.92. The van der Waals surface area contributed by atoms with Gasteiger partial charge in [0.25, 0.3) is 5.91 Å². The summed E-state index contributed by atoms with van der Waals surface area (Å²) in [6, 6.07) is 25.1. The second kappa shape index (κ2) is 16.7. The van der Waals surface area contributed by atoms with E-state index in [9.17, 15) is 18.0 Å². The molecule has 1 unspecified atom stereocenters. The fourth-order valence-corrected chi connectivity index (χ4v) is 9.23. The van der Waals surface area contributed by atoms with Gasteiger partial charge < -0.3 is 19.7 Å². The van der Waals surface area contributed by atoms with E-state index in [4.69, 9.17) is 14.5 Å². The summed E-state index contributed by atoms with van der Waals surface area (Å²) in [5.74, 6) is -1.20. The molecule has 1 saturated carbocycles. The van der Waals surface area contributed by atoms with Crippen molar-refractivity contribution < 1.29 is 32.3 Å². The van der Waals surface area contributed by atoms with E-state index >= 15 is 4.79 Å². The number of nitrogens with one attached hydrogen (secondary N) is 2. The van der Waals surface area contributed by atoms with Crippen LogP contribution in [0.2, 0.25) is 0 Å². The molecule has 2 saturated heterocycles. The van der Waals surface area contributed by atoms with Gasteiger partial charge in [0.2, 0.25) is 21.8 Å². The van der Waals surface area contributed by atoms with Gasteiger partial charge in [-0.15, -0.1) is 6.58 Å². The molecule has 12 nitrogen and oxygen atoms in total. The van der Waals surface area contributed by atoms with Crippen molar-refractivity contribution in [1.82, 2.24) is 24.8 Å². The summed E-state index contributed by atoms with van der Waals surface area (Å²) in [5.41, 5.74) is 1.34. The zero-order chi connectivity index (χ0) is 40.3. The van der Waals surface area contributed by atoms with Gasteiger partial charge >= 0.3 is 0 Å². The number of carbonyl (C=O) groups excluding carboxylic acids is 3. The first-order valence-electron chi connectivity index (χ1n) is 19.7. The molecular weight excluding hydrogens is 743 g/mol. The highest BCUT2D eigenvalue weighted by Gasteiger charge is 2.49. The minimum Gasteiger partial charge on any atom is -0.497 e. The van der Waals surface area contributed by atoms with Crippen molar-refractivity contribution in [3.05, 3.63) is 103 Å².